The van der Waals surface area contributed by atoms with Crippen molar-refractivity contribution in [1.29, 1.82) is 0 Å². The summed E-state index contributed by atoms with van der Waals surface area (Å²) in [5, 5.41) is 1.63. The van der Waals surface area contributed by atoms with Gasteiger partial charge in [-0.1, -0.05) is 11.6 Å². The van der Waals surface area contributed by atoms with Crippen LogP contribution in [0.15, 0.2) is 16.6 Å². The molecule has 1 aliphatic heterocycles. The topological polar surface area (TPSA) is 97.8 Å². The van der Waals surface area contributed by atoms with E-state index >= 15 is 0 Å². The van der Waals surface area contributed by atoms with Gasteiger partial charge in [0.25, 0.3) is 10.0 Å². The molecule has 1 amide bonds. The van der Waals surface area contributed by atoms with Gasteiger partial charge in [0.1, 0.15) is 0 Å². The smallest absolute Gasteiger partial charge is 0.262 e. The molecule has 10 heteroatoms. The number of carbonyl (C=O) groups is 1. The van der Waals surface area contributed by atoms with Crippen LogP contribution in [0.1, 0.15) is 12.8 Å². The summed E-state index contributed by atoms with van der Waals surface area (Å²) in [6.07, 6.45) is 2.81. The van der Waals surface area contributed by atoms with E-state index in [1.165, 1.54) is 20.0 Å². The molecule has 1 unspecified atom stereocenters. The van der Waals surface area contributed by atoms with Gasteiger partial charge in [-0.25, -0.2) is 13.4 Å². The molecule has 3 heterocycles. The molecule has 21 heavy (non-hydrogen) atoms. The summed E-state index contributed by atoms with van der Waals surface area (Å²) in [5.41, 5.74) is 5.29. The summed E-state index contributed by atoms with van der Waals surface area (Å²) >= 11 is 7.29. The Hall–Kier alpha value is -1.16. The molecular formula is C11H13ClN4O3S2. The lowest BCUT2D eigenvalue weighted by Gasteiger charge is -2.29. The summed E-state index contributed by atoms with van der Waals surface area (Å²) in [6, 6.07) is 0. The first-order chi connectivity index (χ1) is 9.91. The molecule has 0 spiro atoms. The summed E-state index contributed by atoms with van der Waals surface area (Å²) in [4.78, 5) is 15.9. The van der Waals surface area contributed by atoms with Crippen LogP contribution in [0.4, 0.5) is 0 Å². The first-order valence-corrected chi connectivity index (χ1v) is 9.01. The zero-order chi connectivity index (χ0) is 15.2. The molecule has 1 aliphatic rings. The van der Waals surface area contributed by atoms with Crippen molar-refractivity contribution >= 4 is 43.8 Å². The van der Waals surface area contributed by atoms with E-state index < -0.39 is 21.8 Å². The minimum absolute atomic E-state index is 0.0504. The molecule has 0 aliphatic carbocycles. The van der Waals surface area contributed by atoms with Crippen LogP contribution < -0.4 is 5.73 Å². The molecule has 0 aromatic carbocycles. The maximum absolute atomic E-state index is 12.8. The van der Waals surface area contributed by atoms with Crippen molar-refractivity contribution in [2.24, 2.45) is 11.7 Å². The average Bonchev–Trinajstić information content (AvgIpc) is 2.98. The first-order valence-electron chi connectivity index (χ1n) is 6.32. The number of aromatic nitrogens is 2. The predicted molar refractivity (Wildman–Crippen MR) is 78.8 cm³/mol. The molecule has 114 valence electrons. The van der Waals surface area contributed by atoms with Crippen LogP contribution >= 0.6 is 22.9 Å². The number of halogens is 1. The van der Waals surface area contributed by atoms with E-state index in [0.29, 0.717) is 24.3 Å². The van der Waals surface area contributed by atoms with Gasteiger partial charge in [-0.05, 0) is 12.8 Å². The molecule has 0 saturated carbocycles. The van der Waals surface area contributed by atoms with Crippen LogP contribution in [0, 0.1) is 5.92 Å². The molecule has 1 saturated heterocycles. The number of amides is 1. The van der Waals surface area contributed by atoms with Crippen molar-refractivity contribution in [3.8, 4) is 0 Å². The fourth-order valence-electron chi connectivity index (χ4n) is 2.48. The molecule has 0 bridgehead atoms. The zero-order valence-corrected chi connectivity index (χ0v) is 13.3. The van der Waals surface area contributed by atoms with Crippen LogP contribution in [0.25, 0.3) is 4.96 Å². The second-order valence-corrected chi connectivity index (χ2v) is 7.95. The maximum atomic E-state index is 12.8. The minimum Gasteiger partial charge on any atom is -0.369 e. The number of carbonyl (C=O) groups excluding carboxylic acids is 1. The quantitative estimate of drug-likeness (QED) is 0.892. The third-order valence-electron chi connectivity index (χ3n) is 3.55. The Morgan fingerprint density at radius 2 is 2.29 bits per heavy atom. The Morgan fingerprint density at radius 3 is 3.00 bits per heavy atom. The second kappa shape index (κ2) is 5.24. The van der Waals surface area contributed by atoms with Crippen molar-refractivity contribution in [1.82, 2.24) is 13.7 Å². The van der Waals surface area contributed by atoms with Gasteiger partial charge >= 0.3 is 0 Å². The Balaban J connectivity index is 2.02. The van der Waals surface area contributed by atoms with Crippen molar-refractivity contribution < 1.29 is 13.2 Å². The van der Waals surface area contributed by atoms with E-state index in [4.69, 9.17) is 17.3 Å². The van der Waals surface area contributed by atoms with Crippen molar-refractivity contribution in [2.75, 3.05) is 13.1 Å². The van der Waals surface area contributed by atoms with Crippen LogP contribution in [-0.4, -0.2) is 41.1 Å². The average molecular weight is 349 g/mol. The number of sulfonamides is 1. The molecule has 0 radical (unpaired) electrons. The standard InChI is InChI=1S/C11H13ClN4O3S2/c12-8-10(16-4-5-20-11(16)14-8)21(18,19)15-3-1-2-7(6-15)9(13)17/h4-5,7H,1-3,6H2,(H2,13,17). The number of primary amides is 1. The van der Waals surface area contributed by atoms with E-state index in [-0.39, 0.29) is 16.7 Å². The number of hydrogen-bond donors (Lipinski definition) is 1. The number of rotatable bonds is 3. The van der Waals surface area contributed by atoms with Gasteiger partial charge < -0.3 is 5.73 Å². The number of nitrogens with zero attached hydrogens (tertiary/aromatic N) is 3. The highest BCUT2D eigenvalue weighted by atomic mass is 35.5. The van der Waals surface area contributed by atoms with Crippen LogP contribution in [-0.2, 0) is 14.8 Å². The second-order valence-electron chi connectivity index (χ2n) is 4.87. The van der Waals surface area contributed by atoms with E-state index in [9.17, 15) is 13.2 Å². The highest BCUT2D eigenvalue weighted by Crippen LogP contribution is 2.30. The number of nitrogens with two attached hydrogens (primary N) is 1. The highest BCUT2D eigenvalue weighted by Gasteiger charge is 2.36. The molecule has 2 aromatic rings. The number of imidazole rings is 1. The highest BCUT2D eigenvalue weighted by molar-refractivity contribution is 7.89. The van der Waals surface area contributed by atoms with Crippen LogP contribution in [0.5, 0.6) is 0 Å². The zero-order valence-electron chi connectivity index (χ0n) is 10.9. The summed E-state index contributed by atoms with van der Waals surface area (Å²) in [7, 11) is -3.81. The van der Waals surface area contributed by atoms with Gasteiger partial charge in [0.15, 0.2) is 15.1 Å². The third-order valence-corrected chi connectivity index (χ3v) is 6.57. The fourth-order valence-corrected chi connectivity index (χ4v) is 5.41. The first kappa shape index (κ1) is 14.8. The number of piperidine rings is 1. The third kappa shape index (κ3) is 2.44. The number of thiazole rings is 1. The fraction of sp³-hybridized carbons (Fsp3) is 0.455. The molecule has 3 rings (SSSR count). The largest absolute Gasteiger partial charge is 0.369 e. The number of fused-ring (bicyclic) bond motifs is 1. The van der Waals surface area contributed by atoms with E-state index in [0.717, 1.165) is 0 Å². The summed E-state index contributed by atoms with van der Waals surface area (Å²) < 4.78 is 28.3. The molecule has 2 N–H and O–H groups in total. The van der Waals surface area contributed by atoms with Gasteiger partial charge in [0.05, 0.1) is 5.92 Å². The number of hydrogen-bond acceptors (Lipinski definition) is 5. The maximum Gasteiger partial charge on any atom is 0.262 e. The van der Waals surface area contributed by atoms with E-state index in [1.807, 2.05) is 0 Å². The van der Waals surface area contributed by atoms with E-state index in [2.05, 4.69) is 4.98 Å². The Bertz CT molecular complexity index is 798. The lowest BCUT2D eigenvalue weighted by atomic mass is 9.99. The Labute approximate surface area is 130 Å². The molecule has 7 nitrogen and oxygen atoms in total. The van der Waals surface area contributed by atoms with Gasteiger partial charge in [-0.15, -0.1) is 11.3 Å². The SMILES string of the molecule is NC(=O)C1CCCN(S(=O)(=O)c2c(Cl)nc3sccn23)C1. The van der Waals surface area contributed by atoms with Crippen LogP contribution in [0.3, 0.4) is 0 Å². The predicted octanol–water partition coefficient (Wildman–Crippen LogP) is 0.935. The van der Waals surface area contributed by atoms with Gasteiger partial charge in [-0.3, -0.25) is 9.20 Å². The molecule has 1 atom stereocenters. The van der Waals surface area contributed by atoms with Crippen molar-refractivity contribution in [3.63, 3.8) is 0 Å². The summed E-state index contributed by atoms with van der Waals surface area (Å²) in [5.74, 6) is -0.937. The van der Waals surface area contributed by atoms with Crippen LogP contribution in [0.2, 0.25) is 5.15 Å². The lowest BCUT2D eigenvalue weighted by Crippen LogP contribution is -2.44. The lowest BCUT2D eigenvalue weighted by molar-refractivity contribution is -0.122. The normalized spacial score (nSPS) is 20.9. The minimum atomic E-state index is -3.81. The molecule has 1 fully saturated rings. The van der Waals surface area contributed by atoms with Gasteiger partial charge in [-0.2, -0.15) is 4.31 Å². The van der Waals surface area contributed by atoms with Crippen molar-refractivity contribution in [2.45, 2.75) is 17.9 Å². The Kier molecular flexibility index (Phi) is 3.68. The van der Waals surface area contributed by atoms with Gasteiger partial charge in [0.2, 0.25) is 5.91 Å². The summed E-state index contributed by atoms with van der Waals surface area (Å²) in [6.45, 7) is 0.436. The van der Waals surface area contributed by atoms with Gasteiger partial charge in [0, 0.05) is 24.7 Å². The molecular weight excluding hydrogens is 336 g/mol. The Morgan fingerprint density at radius 1 is 1.52 bits per heavy atom. The molecule has 2 aromatic heterocycles. The van der Waals surface area contributed by atoms with Crippen molar-refractivity contribution in [3.05, 3.63) is 16.7 Å². The van der Waals surface area contributed by atoms with E-state index in [1.54, 1.807) is 11.6 Å². The monoisotopic (exact) mass is 348 g/mol.